The molecule has 7 heteroatoms. The van der Waals surface area contributed by atoms with Crippen molar-refractivity contribution in [2.45, 2.75) is 44.9 Å². The van der Waals surface area contributed by atoms with E-state index in [2.05, 4.69) is 48.5 Å². The molecule has 0 amide bonds. The quantitative estimate of drug-likeness (QED) is 0.529. The predicted molar refractivity (Wildman–Crippen MR) is 119 cm³/mol. The highest BCUT2D eigenvalue weighted by molar-refractivity contribution is 5.85. The molecule has 3 aromatic rings. The highest BCUT2D eigenvalue weighted by atomic mass is 35.7. The van der Waals surface area contributed by atoms with E-state index in [0.717, 1.165) is 37.2 Å². The average molecular weight is 483 g/mol. The fourth-order valence-corrected chi connectivity index (χ4v) is 4.79. The summed E-state index contributed by atoms with van der Waals surface area (Å²) in [5, 5.41) is 0. The van der Waals surface area contributed by atoms with Crippen LogP contribution in [0.1, 0.15) is 53.9 Å². The number of allylic oxidation sites excluding steroid dienone is 1. The van der Waals surface area contributed by atoms with Gasteiger partial charge in [0.25, 0.3) is 0 Å². The van der Waals surface area contributed by atoms with Crippen LogP contribution in [0.25, 0.3) is 22.8 Å². The number of halogens is 1. The summed E-state index contributed by atoms with van der Waals surface area (Å²) < 4.78 is 45.9. The van der Waals surface area contributed by atoms with E-state index in [1.807, 2.05) is 12.1 Å². The van der Waals surface area contributed by atoms with Crippen molar-refractivity contribution in [3.05, 3.63) is 82.8 Å². The maximum absolute atomic E-state index is 8.49. The lowest BCUT2D eigenvalue weighted by Crippen LogP contribution is -2.68. The van der Waals surface area contributed by atoms with Crippen molar-refractivity contribution in [3.8, 4) is 16.9 Å². The number of rotatable bonds is 3. The Kier molecular flexibility index (Phi) is 7.66. The standard InChI is InChI=1S/C27H27O2.ClHO4/c1-28-22-16-14-19(15-17-22)18-21-10-7-12-24-26(20-8-3-2-4-9-20)23-11-5-6-13-25(23)29-27(21)24;2-1(3,4)5/h2-4,8-9,14-18H,5-7,10-13H2,1H3;(H,2,3,4,5)/q+1;/p-1/b21-18+;. The van der Waals surface area contributed by atoms with Crippen molar-refractivity contribution in [2.75, 3.05) is 7.11 Å². The van der Waals surface area contributed by atoms with Gasteiger partial charge in [-0.05, 0) is 67.9 Å². The van der Waals surface area contributed by atoms with Gasteiger partial charge in [-0.2, -0.15) is 0 Å². The van der Waals surface area contributed by atoms with Crippen LogP contribution >= 0.6 is 0 Å². The van der Waals surface area contributed by atoms with Gasteiger partial charge in [0.05, 0.1) is 30.2 Å². The molecule has 6 nitrogen and oxygen atoms in total. The Bertz CT molecular complexity index is 1140. The summed E-state index contributed by atoms with van der Waals surface area (Å²) in [5.41, 5.74) is 8.16. The topological polar surface area (TPSA) is 113 Å². The van der Waals surface area contributed by atoms with Gasteiger partial charge in [0, 0.05) is 5.56 Å². The Morgan fingerprint density at radius 2 is 1.44 bits per heavy atom. The molecule has 2 aliphatic carbocycles. The molecular formula is C27H27ClO6. The average Bonchev–Trinajstić information content (AvgIpc) is 2.83. The zero-order valence-electron chi connectivity index (χ0n) is 19.1. The van der Waals surface area contributed by atoms with E-state index in [0.29, 0.717) is 0 Å². The fraction of sp³-hybridized carbons (Fsp3) is 0.296. The lowest BCUT2D eigenvalue weighted by Gasteiger charge is -2.20. The lowest BCUT2D eigenvalue weighted by molar-refractivity contribution is -2.00. The van der Waals surface area contributed by atoms with E-state index in [9.17, 15) is 0 Å². The van der Waals surface area contributed by atoms with Crippen LogP contribution in [0.3, 0.4) is 0 Å². The Labute approximate surface area is 201 Å². The number of hydrogen-bond acceptors (Lipinski definition) is 5. The molecule has 1 heterocycles. The van der Waals surface area contributed by atoms with Crippen molar-refractivity contribution in [3.63, 3.8) is 0 Å². The Hall–Kier alpha value is -2.74. The first-order chi connectivity index (χ1) is 16.3. The monoisotopic (exact) mass is 482 g/mol. The van der Waals surface area contributed by atoms with Crippen LogP contribution in [0.4, 0.5) is 0 Å². The molecule has 0 saturated carbocycles. The minimum atomic E-state index is -4.94. The van der Waals surface area contributed by atoms with Crippen LogP contribution in [0.2, 0.25) is 0 Å². The zero-order chi connectivity index (χ0) is 24.1. The van der Waals surface area contributed by atoms with E-state index in [1.165, 1.54) is 58.4 Å². The Morgan fingerprint density at radius 3 is 2.12 bits per heavy atom. The van der Waals surface area contributed by atoms with Gasteiger partial charge in [-0.3, -0.25) is 0 Å². The van der Waals surface area contributed by atoms with Crippen molar-refractivity contribution in [1.29, 1.82) is 0 Å². The summed E-state index contributed by atoms with van der Waals surface area (Å²) in [5.74, 6) is 3.21. The fourth-order valence-electron chi connectivity index (χ4n) is 4.79. The van der Waals surface area contributed by atoms with Gasteiger partial charge in [0.2, 0.25) is 0 Å². The molecule has 0 unspecified atom stereocenters. The summed E-state index contributed by atoms with van der Waals surface area (Å²) >= 11 is 0. The minimum absolute atomic E-state index is 0.890. The molecule has 0 saturated heterocycles. The maximum atomic E-state index is 8.49. The highest BCUT2D eigenvalue weighted by Gasteiger charge is 2.35. The van der Waals surface area contributed by atoms with Crippen LogP contribution in [0, 0.1) is 10.2 Å². The van der Waals surface area contributed by atoms with Crippen molar-refractivity contribution in [1.82, 2.24) is 0 Å². The molecule has 0 fully saturated rings. The molecule has 0 N–H and O–H groups in total. The highest BCUT2D eigenvalue weighted by Crippen LogP contribution is 2.43. The van der Waals surface area contributed by atoms with Crippen LogP contribution in [-0.2, 0) is 19.3 Å². The smallest absolute Gasteiger partial charge is 0.359 e. The molecule has 34 heavy (non-hydrogen) atoms. The van der Waals surface area contributed by atoms with Gasteiger partial charge in [-0.25, -0.2) is 23.1 Å². The molecule has 178 valence electrons. The zero-order valence-corrected chi connectivity index (χ0v) is 19.8. The van der Waals surface area contributed by atoms with Crippen molar-refractivity contribution >= 4 is 11.6 Å². The summed E-state index contributed by atoms with van der Waals surface area (Å²) in [6.45, 7) is 0. The summed E-state index contributed by atoms with van der Waals surface area (Å²) in [7, 11) is -3.24. The number of benzene rings is 2. The van der Waals surface area contributed by atoms with Gasteiger partial charge >= 0.3 is 11.5 Å². The largest absolute Gasteiger partial charge is 0.497 e. The van der Waals surface area contributed by atoms with Gasteiger partial charge in [0.1, 0.15) is 5.75 Å². The van der Waals surface area contributed by atoms with Crippen LogP contribution < -0.4 is 23.4 Å². The van der Waals surface area contributed by atoms with E-state index in [-0.39, 0.29) is 0 Å². The molecule has 2 aromatic carbocycles. The second kappa shape index (κ2) is 10.7. The van der Waals surface area contributed by atoms with E-state index < -0.39 is 10.2 Å². The third kappa shape index (κ3) is 6.03. The minimum Gasteiger partial charge on any atom is -0.497 e. The van der Waals surface area contributed by atoms with E-state index in [1.54, 1.807) is 7.11 Å². The molecule has 0 atom stereocenters. The van der Waals surface area contributed by atoms with Crippen LogP contribution in [0.5, 0.6) is 5.75 Å². The number of aryl methyl sites for hydroxylation is 1. The van der Waals surface area contributed by atoms with Crippen molar-refractivity contribution < 1.29 is 38.0 Å². The lowest BCUT2D eigenvalue weighted by atomic mass is 9.81. The molecule has 0 bridgehead atoms. The first kappa shape index (κ1) is 24.4. The van der Waals surface area contributed by atoms with Gasteiger partial charge < -0.3 is 4.74 Å². The van der Waals surface area contributed by atoms with Gasteiger partial charge in [-0.1, -0.05) is 42.5 Å². The van der Waals surface area contributed by atoms with E-state index >= 15 is 0 Å². The van der Waals surface area contributed by atoms with Gasteiger partial charge in [-0.15, -0.1) is 10.2 Å². The normalized spacial score (nSPS) is 16.2. The molecule has 5 rings (SSSR count). The first-order valence-electron chi connectivity index (χ1n) is 11.4. The van der Waals surface area contributed by atoms with Gasteiger partial charge in [0.15, 0.2) is 0 Å². The number of methoxy groups -OCH3 is 1. The van der Waals surface area contributed by atoms with Crippen LogP contribution in [0.15, 0.2) is 59.0 Å². The molecule has 1 aromatic heterocycles. The number of hydrogen-bond donors (Lipinski definition) is 0. The SMILES string of the molecule is COc1ccc(/C=C2\CCCc3c2[o+]c2c(c3-c3ccccc3)CCCC2)cc1.[O-][Cl+3]([O-])([O-])[O-]. The second-order valence-electron chi connectivity index (χ2n) is 8.43. The molecule has 2 aliphatic rings. The number of ether oxygens (including phenoxy) is 1. The van der Waals surface area contributed by atoms with Crippen molar-refractivity contribution in [2.24, 2.45) is 0 Å². The first-order valence-corrected chi connectivity index (χ1v) is 12.6. The summed E-state index contributed by atoms with van der Waals surface area (Å²) in [6, 6.07) is 19.2. The summed E-state index contributed by atoms with van der Waals surface area (Å²) in [6.07, 6.45) is 10.3. The Morgan fingerprint density at radius 1 is 0.794 bits per heavy atom. The maximum Gasteiger partial charge on any atom is 0.359 e. The third-order valence-corrected chi connectivity index (χ3v) is 6.20. The molecule has 0 radical (unpaired) electrons. The molecule has 0 spiro atoms. The van der Waals surface area contributed by atoms with Crippen LogP contribution in [-0.4, -0.2) is 7.11 Å². The molecule has 0 aliphatic heterocycles. The summed E-state index contributed by atoms with van der Waals surface area (Å²) in [4.78, 5) is 0. The van der Waals surface area contributed by atoms with E-state index in [4.69, 9.17) is 27.8 Å². The predicted octanol–water partition coefficient (Wildman–Crippen LogP) is 2.24. The molecular weight excluding hydrogens is 456 g/mol. The number of fused-ring (bicyclic) bond motifs is 2. The third-order valence-electron chi connectivity index (χ3n) is 6.20. The second-order valence-corrected chi connectivity index (χ2v) is 9.19. The Balaban J connectivity index is 0.000000499.